The summed E-state index contributed by atoms with van der Waals surface area (Å²) in [5.74, 6) is 0. The number of hydrogen-bond acceptors (Lipinski definition) is 5. The van der Waals surface area contributed by atoms with E-state index in [1.165, 1.54) is 39.7 Å². The van der Waals surface area contributed by atoms with E-state index in [1.54, 1.807) is 18.2 Å². The number of benzene rings is 2. The molecule has 0 unspecified atom stereocenters. The summed E-state index contributed by atoms with van der Waals surface area (Å²) in [6.45, 7) is 1.99. The third kappa shape index (κ3) is 3.91. The molecule has 2 aromatic carbocycles. The van der Waals surface area contributed by atoms with Gasteiger partial charge in [-0.2, -0.15) is 9.78 Å². The highest BCUT2D eigenvalue weighted by atomic mass is 32.2. The SMILES string of the molecule is CS(=O)(=O)c1ccc(-n2nc(-c3ccc4c(c3)CCN(C3=CC=C3)CC4)ccc2=O)cc1. The Bertz CT molecular complexity index is 1420. The molecule has 2 aliphatic rings. The van der Waals surface area contributed by atoms with Crippen molar-refractivity contribution in [2.75, 3.05) is 19.3 Å². The third-order valence-electron chi connectivity index (χ3n) is 6.01. The number of rotatable bonds is 4. The van der Waals surface area contributed by atoms with Crippen LogP contribution in [0.25, 0.3) is 16.9 Å². The molecule has 32 heavy (non-hydrogen) atoms. The number of hydrogen-bond donors (Lipinski definition) is 0. The fraction of sp³-hybridized carbons (Fsp3) is 0.200. The van der Waals surface area contributed by atoms with E-state index in [9.17, 15) is 13.2 Å². The molecule has 7 heteroatoms. The van der Waals surface area contributed by atoms with Crippen LogP contribution in [0.3, 0.4) is 0 Å². The van der Waals surface area contributed by atoms with Gasteiger partial charge in [0.2, 0.25) is 0 Å². The average molecular weight is 446 g/mol. The summed E-state index contributed by atoms with van der Waals surface area (Å²) in [4.78, 5) is 15.1. The summed E-state index contributed by atoms with van der Waals surface area (Å²) >= 11 is 0. The normalized spacial score (nSPS) is 15.5. The Morgan fingerprint density at radius 3 is 2.28 bits per heavy atom. The Kier molecular flexibility index (Phi) is 5.06. The molecule has 1 aliphatic heterocycles. The maximum atomic E-state index is 12.5. The first-order valence-electron chi connectivity index (χ1n) is 10.5. The molecule has 162 valence electrons. The lowest BCUT2D eigenvalue weighted by atomic mass is 9.99. The number of nitrogens with zero attached hydrogens (tertiary/aromatic N) is 3. The predicted molar refractivity (Wildman–Crippen MR) is 125 cm³/mol. The van der Waals surface area contributed by atoms with Crippen molar-refractivity contribution in [3.8, 4) is 16.9 Å². The van der Waals surface area contributed by atoms with Crippen molar-refractivity contribution in [2.45, 2.75) is 17.7 Å². The van der Waals surface area contributed by atoms with Crippen molar-refractivity contribution in [1.82, 2.24) is 14.7 Å². The first-order valence-corrected chi connectivity index (χ1v) is 12.4. The van der Waals surface area contributed by atoms with Crippen LogP contribution in [0.15, 0.2) is 88.2 Å². The van der Waals surface area contributed by atoms with Gasteiger partial charge >= 0.3 is 0 Å². The lowest BCUT2D eigenvalue weighted by molar-refractivity contribution is 0.370. The topological polar surface area (TPSA) is 72.3 Å². The van der Waals surface area contributed by atoms with Gasteiger partial charge in [0.1, 0.15) is 0 Å². The van der Waals surface area contributed by atoms with Crippen LogP contribution in [0.1, 0.15) is 11.1 Å². The largest absolute Gasteiger partial charge is 0.371 e. The average Bonchev–Trinajstić information content (AvgIpc) is 2.95. The molecule has 0 spiro atoms. The van der Waals surface area contributed by atoms with Gasteiger partial charge in [-0.15, -0.1) is 0 Å². The second-order valence-corrected chi connectivity index (χ2v) is 10.2. The van der Waals surface area contributed by atoms with Crippen LogP contribution in [0.2, 0.25) is 0 Å². The van der Waals surface area contributed by atoms with Crippen LogP contribution in [0.4, 0.5) is 0 Å². The molecule has 0 amide bonds. The highest BCUT2D eigenvalue weighted by Gasteiger charge is 2.17. The minimum Gasteiger partial charge on any atom is -0.371 e. The Labute approximate surface area is 187 Å². The maximum Gasteiger partial charge on any atom is 0.271 e. The van der Waals surface area contributed by atoms with Gasteiger partial charge in [-0.05, 0) is 72.5 Å². The summed E-state index contributed by atoms with van der Waals surface area (Å²) < 4.78 is 24.7. The van der Waals surface area contributed by atoms with Crippen molar-refractivity contribution in [1.29, 1.82) is 0 Å². The molecule has 0 fully saturated rings. The predicted octanol–water partition coefficient (Wildman–Crippen LogP) is 3.16. The Balaban J connectivity index is 1.45. The van der Waals surface area contributed by atoms with Gasteiger partial charge in [-0.1, -0.05) is 18.2 Å². The van der Waals surface area contributed by atoms with Gasteiger partial charge in [0.05, 0.1) is 16.3 Å². The summed E-state index contributed by atoms with van der Waals surface area (Å²) in [5, 5.41) is 4.57. The highest BCUT2D eigenvalue weighted by molar-refractivity contribution is 7.90. The number of aromatic nitrogens is 2. The van der Waals surface area contributed by atoms with Crippen molar-refractivity contribution < 1.29 is 8.42 Å². The van der Waals surface area contributed by atoms with E-state index in [2.05, 4.69) is 46.4 Å². The van der Waals surface area contributed by atoms with Gasteiger partial charge in [0, 0.05) is 36.7 Å². The fourth-order valence-corrected chi connectivity index (χ4v) is 4.75. The molecule has 6 nitrogen and oxygen atoms in total. The fourth-order valence-electron chi connectivity index (χ4n) is 4.12. The second-order valence-electron chi connectivity index (χ2n) is 8.16. The van der Waals surface area contributed by atoms with Gasteiger partial charge in [-0.3, -0.25) is 4.79 Å². The molecule has 0 bridgehead atoms. The van der Waals surface area contributed by atoms with E-state index in [0.717, 1.165) is 37.8 Å². The zero-order chi connectivity index (χ0) is 22.3. The van der Waals surface area contributed by atoms with Crippen molar-refractivity contribution in [2.24, 2.45) is 0 Å². The summed E-state index contributed by atoms with van der Waals surface area (Å²) in [6, 6.07) is 15.8. The zero-order valence-corrected chi connectivity index (χ0v) is 18.5. The van der Waals surface area contributed by atoms with Crippen LogP contribution in [-0.4, -0.2) is 42.4 Å². The Morgan fingerprint density at radius 2 is 1.62 bits per heavy atom. The van der Waals surface area contributed by atoms with E-state index >= 15 is 0 Å². The molecule has 5 rings (SSSR count). The molecule has 0 radical (unpaired) electrons. The molecule has 1 aliphatic carbocycles. The molecule has 0 saturated carbocycles. The van der Waals surface area contributed by atoms with E-state index in [0.29, 0.717) is 11.4 Å². The molecule has 0 saturated heterocycles. The summed E-state index contributed by atoms with van der Waals surface area (Å²) in [7, 11) is -3.30. The van der Waals surface area contributed by atoms with Gasteiger partial charge in [0.25, 0.3) is 5.56 Å². The summed E-state index contributed by atoms with van der Waals surface area (Å²) in [6.07, 6.45) is 9.49. The molecular weight excluding hydrogens is 422 g/mol. The van der Waals surface area contributed by atoms with Crippen LogP contribution in [0.5, 0.6) is 0 Å². The number of fused-ring (bicyclic) bond motifs is 1. The Hall–Kier alpha value is -3.45. The van der Waals surface area contributed by atoms with E-state index < -0.39 is 9.84 Å². The van der Waals surface area contributed by atoms with Crippen molar-refractivity contribution in [3.63, 3.8) is 0 Å². The first-order chi connectivity index (χ1) is 15.4. The lowest BCUT2D eigenvalue weighted by Crippen LogP contribution is -2.26. The molecular formula is C25H23N3O3S. The van der Waals surface area contributed by atoms with Crippen molar-refractivity contribution in [3.05, 3.63) is 100 Å². The number of sulfone groups is 1. The van der Waals surface area contributed by atoms with E-state index in [1.807, 2.05) is 0 Å². The number of allylic oxidation sites excluding steroid dienone is 3. The van der Waals surface area contributed by atoms with E-state index in [4.69, 9.17) is 0 Å². The maximum absolute atomic E-state index is 12.5. The molecule has 1 aromatic heterocycles. The second kappa shape index (κ2) is 7.91. The minimum absolute atomic E-state index is 0.207. The van der Waals surface area contributed by atoms with Crippen LogP contribution < -0.4 is 5.56 Å². The Morgan fingerprint density at radius 1 is 0.906 bits per heavy atom. The van der Waals surface area contributed by atoms with Crippen LogP contribution in [0, 0.1) is 0 Å². The van der Waals surface area contributed by atoms with E-state index in [-0.39, 0.29) is 10.5 Å². The van der Waals surface area contributed by atoms with Gasteiger partial charge in [-0.25, -0.2) is 8.42 Å². The quantitative estimate of drug-likeness (QED) is 0.617. The third-order valence-corrected chi connectivity index (χ3v) is 7.14. The standard InChI is InChI=1S/C25H23N3O3S/c1-32(30,31)23-9-7-22(8-10-23)28-25(29)12-11-24(26-28)20-6-5-18-13-15-27(21-3-2-4-21)16-14-19(18)17-20/h2-12,17H,13-16H2,1H3. The van der Waals surface area contributed by atoms with Crippen molar-refractivity contribution >= 4 is 9.84 Å². The molecule has 3 aromatic rings. The van der Waals surface area contributed by atoms with Crippen LogP contribution in [-0.2, 0) is 22.7 Å². The minimum atomic E-state index is -3.30. The zero-order valence-electron chi connectivity index (χ0n) is 17.7. The van der Waals surface area contributed by atoms with Gasteiger partial charge < -0.3 is 4.90 Å². The highest BCUT2D eigenvalue weighted by Crippen LogP contribution is 2.26. The monoisotopic (exact) mass is 445 g/mol. The molecule has 0 atom stereocenters. The molecule has 0 N–H and O–H groups in total. The molecule has 2 heterocycles. The summed E-state index contributed by atoms with van der Waals surface area (Å²) in [5.41, 5.74) is 5.88. The van der Waals surface area contributed by atoms with Gasteiger partial charge in [0.15, 0.2) is 9.84 Å². The van der Waals surface area contributed by atoms with Crippen LogP contribution >= 0.6 is 0 Å². The lowest BCUT2D eigenvalue weighted by Gasteiger charge is -2.26. The smallest absolute Gasteiger partial charge is 0.271 e. The first kappa shape index (κ1) is 20.5.